The highest BCUT2D eigenvalue weighted by Crippen LogP contribution is 2.34. The number of carbonyl (C=O) groups excluding carboxylic acids is 1. The molecule has 36 heavy (non-hydrogen) atoms. The van der Waals surface area contributed by atoms with Gasteiger partial charge in [-0.1, -0.05) is 18.7 Å². The molecule has 0 unspecified atom stereocenters. The van der Waals surface area contributed by atoms with Gasteiger partial charge in [0.05, 0.1) is 5.39 Å². The molecular weight excluding hydrogens is 479 g/mol. The highest BCUT2D eigenvalue weighted by Gasteiger charge is 2.23. The van der Waals surface area contributed by atoms with Gasteiger partial charge in [-0.3, -0.25) is 4.79 Å². The SMILES string of the molecule is C=CC(=O)NCCNc1nc(OC[C@@H]2CCCN2C)nc2nc(-c3cccc4sccc34)c(F)cc12. The van der Waals surface area contributed by atoms with Crippen molar-refractivity contribution in [2.24, 2.45) is 0 Å². The summed E-state index contributed by atoms with van der Waals surface area (Å²) in [6.07, 6.45) is 3.39. The lowest BCUT2D eigenvalue weighted by Gasteiger charge is -2.19. The van der Waals surface area contributed by atoms with E-state index in [2.05, 4.69) is 44.1 Å². The molecule has 4 aromatic rings. The van der Waals surface area contributed by atoms with E-state index in [4.69, 9.17) is 4.74 Å². The van der Waals surface area contributed by atoms with Gasteiger partial charge in [-0.25, -0.2) is 9.37 Å². The van der Waals surface area contributed by atoms with Crippen LogP contribution in [0, 0.1) is 5.82 Å². The number of amides is 1. The van der Waals surface area contributed by atoms with E-state index in [1.54, 1.807) is 11.3 Å². The fourth-order valence-corrected chi connectivity index (χ4v) is 5.21. The summed E-state index contributed by atoms with van der Waals surface area (Å²) in [5, 5.41) is 9.22. The van der Waals surface area contributed by atoms with Crippen molar-refractivity contribution in [2.45, 2.75) is 18.9 Å². The number of aromatic nitrogens is 3. The average Bonchev–Trinajstić information content (AvgIpc) is 3.53. The van der Waals surface area contributed by atoms with E-state index in [1.807, 2.05) is 29.6 Å². The van der Waals surface area contributed by atoms with E-state index < -0.39 is 5.82 Å². The number of anilines is 1. The van der Waals surface area contributed by atoms with Gasteiger partial charge in [-0.2, -0.15) is 9.97 Å². The van der Waals surface area contributed by atoms with E-state index in [1.165, 1.54) is 12.1 Å². The minimum atomic E-state index is -0.464. The van der Waals surface area contributed by atoms with Crippen LogP contribution in [-0.2, 0) is 4.79 Å². The predicted octanol–water partition coefficient (Wildman–Crippen LogP) is 4.23. The van der Waals surface area contributed by atoms with Crippen molar-refractivity contribution in [3.05, 3.63) is 54.2 Å². The van der Waals surface area contributed by atoms with Crippen LogP contribution in [0.15, 0.2) is 48.4 Å². The van der Waals surface area contributed by atoms with Gasteiger partial charge in [0.15, 0.2) is 5.65 Å². The molecule has 0 spiro atoms. The van der Waals surface area contributed by atoms with Crippen LogP contribution in [0.4, 0.5) is 10.2 Å². The maximum Gasteiger partial charge on any atom is 0.320 e. The Labute approximate surface area is 212 Å². The summed E-state index contributed by atoms with van der Waals surface area (Å²) in [5.41, 5.74) is 1.28. The minimum absolute atomic E-state index is 0.180. The molecule has 8 nitrogen and oxygen atoms in total. The van der Waals surface area contributed by atoms with Crippen LogP contribution in [0.5, 0.6) is 6.01 Å². The number of likely N-dealkylation sites (N-methyl/N-ethyl adjacent to an activating group) is 1. The summed E-state index contributed by atoms with van der Waals surface area (Å²) >= 11 is 1.60. The Kier molecular flexibility index (Phi) is 7.06. The Morgan fingerprint density at radius 2 is 2.17 bits per heavy atom. The van der Waals surface area contributed by atoms with E-state index in [9.17, 15) is 4.79 Å². The van der Waals surface area contributed by atoms with E-state index in [0.717, 1.165) is 29.5 Å². The molecule has 0 aliphatic carbocycles. The van der Waals surface area contributed by atoms with Crippen LogP contribution in [0.2, 0.25) is 0 Å². The molecule has 0 bridgehead atoms. The zero-order chi connectivity index (χ0) is 25.1. The van der Waals surface area contributed by atoms with Crippen LogP contribution < -0.4 is 15.4 Å². The fourth-order valence-electron chi connectivity index (χ4n) is 4.40. The Morgan fingerprint density at radius 1 is 1.28 bits per heavy atom. The molecule has 1 aromatic carbocycles. The zero-order valence-corrected chi connectivity index (χ0v) is 20.8. The van der Waals surface area contributed by atoms with Crippen LogP contribution >= 0.6 is 11.3 Å². The van der Waals surface area contributed by atoms with Crippen molar-refractivity contribution in [1.29, 1.82) is 0 Å². The zero-order valence-electron chi connectivity index (χ0n) is 20.0. The number of nitrogens with zero attached hydrogens (tertiary/aromatic N) is 4. The number of hydrogen-bond donors (Lipinski definition) is 2. The summed E-state index contributed by atoms with van der Waals surface area (Å²) in [7, 11) is 2.08. The predicted molar refractivity (Wildman–Crippen MR) is 141 cm³/mol. The molecule has 4 heterocycles. The Bertz CT molecular complexity index is 1420. The van der Waals surface area contributed by atoms with Crippen LogP contribution in [-0.4, -0.2) is 65.1 Å². The number of carbonyl (C=O) groups is 1. The molecule has 0 saturated carbocycles. The normalized spacial score (nSPS) is 15.9. The van der Waals surface area contributed by atoms with Crippen molar-refractivity contribution in [2.75, 3.05) is 38.6 Å². The second kappa shape index (κ2) is 10.5. The standard InChI is InChI=1S/C26H27FN6O2S/c1-3-22(34)28-10-11-29-24-19-14-20(27)23(18-7-4-8-21-17(18)9-13-36-21)30-25(19)32-26(31-24)35-15-16-6-5-12-33(16)2/h3-4,7-9,13-14,16H,1,5-6,10-12,15H2,2H3,(H,28,34)(H,29,30,31,32)/t16-/m0/s1. The highest BCUT2D eigenvalue weighted by molar-refractivity contribution is 7.17. The Hall–Kier alpha value is -3.63. The molecule has 186 valence electrons. The number of halogens is 1. The van der Waals surface area contributed by atoms with Crippen molar-refractivity contribution < 1.29 is 13.9 Å². The Morgan fingerprint density at radius 3 is 2.97 bits per heavy atom. The van der Waals surface area contributed by atoms with Gasteiger partial charge >= 0.3 is 6.01 Å². The van der Waals surface area contributed by atoms with E-state index in [0.29, 0.717) is 48.2 Å². The van der Waals surface area contributed by atoms with Crippen molar-refractivity contribution >= 4 is 44.2 Å². The first-order valence-corrected chi connectivity index (χ1v) is 12.7. The maximum atomic E-state index is 15.4. The molecule has 3 aromatic heterocycles. The van der Waals surface area contributed by atoms with Crippen molar-refractivity contribution in [1.82, 2.24) is 25.2 Å². The number of rotatable bonds is 9. The van der Waals surface area contributed by atoms with Gasteiger partial charge in [-0.05, 0) is 56.1 Å². The molecule has 2 N–H and O–H groups in total. The fraction of sp³-hybridized carbons (Fsp3) is 0.308. The van der Waals surface area contributed by atoms with Gasteiger partial charge < -0.3 is 20.3 Å². The second-order valence-corrected chi connectivity index (χ2v) is 9.64. The molecule has 10 heteroatoms. The third-order valence-corrected chi connectivity index (χ3v) is 7.23. The average molecular weight is 507 g/mol. The van der Waals surface area contributed by atoms with Gasteiger partial charge in [0.25, 0.3) is 0 Å². The molecule has 1 fully saturated rings. The molecule has 1 atom stereocenters. The summed E-state index contributed by atoms with van der Waals surface area (Å²) in [5.74, 6) is -0.336. The van der Waals surface area contributed by atoms with Gasteiger partial charge in [0.1, 0.15) is 23.9 Å². The summed E-state index contributed by atoms with van der Waals surface area (Å²) in [6.45, 7) is 5.65. The lowest BCUT2D eigenvalue weighted by molar-refractivity contribution is -0.116. The molecule has 1 saturated heterocycles. The largest absolute Gasteiger partial charge is 0.462 e. The summed E-state index contributed by atoms with van der Waals surface area (Å²) < 4.78 is 22.5. The first-order valence-electron chi connectivity index (χ1n) is 11.9. The second-order valence-electron chi connectivity index (χ2n) is 8.69. The number of likely N-dealkylation sites (tertiary alicyclic amines) is 1. The molecule has 5 rings (SSSR count). The Balaban J connectivity index is 1.50. The number of ether oxygens (including phenoxy) is 1. The number of nitrogens with one attached hydrogen (secondary N) is 2. The summed E-state index contributed by atoms with van der Waals surface area (Å²) in [6, 6.07) is 9.62. The maximum absolute atomic E-state index is 15.4. The van der Waals surface area contributed by atoms with Crippen LogP contribution in [0.1, 0.15) is 12.8 Å². The van der Waals surface area contributed by atoms with Crippen LogP contribution in [0.25, 0.3) is 32.4 Å². The molecule has 1 aliphatic rings. The van der Waals surface area contributed by atoms with Crippen LogP contribution in [0.3, 0.4) is 0 Å². The minimum Gasteiger partial charge on any atom is -0.462 e. The first kappa shape index (κ1) is 24.1. The lowest BCUT2D eigenvalue weighted by atomic mass is 10.1. The quantitative estimate of drug-likeness (QED) is 0.259. The number of thiophene rings is 1. The number of fused-ring (bicyclic) bond motifs is 2. The number of hydrogen-bond acceptors (Lipinski definition) is 8. The van der Waals surface area contributed by atoms with E-state index in [-0.39, 0.29) is 17.6 Å². The highest BCUT2D eigenvalue weighted by atomic mass is 32.1. The van der Waals surface area contributed by atoms with Gasteiger partial charge in [-0.15, -0.1) is 11.3 Å². The van der Waals surface area contributed by atoms with Gasteiger partial charge in [0.2, 0.25) is 5.91 Å². The number of pyridine rings is 1. The smallest absolute Gasteiger partial charge is 0.320 e. The molecule has 1 amide bonds. The topological polar surface area (TPSA) is 92.3 Å². The lowest BCUT2D eigenvalue weighted by Crippen LogP contribution is -2.31. The van der Waals surface area contributed by atoms with Crippen molar-refractivity contribution in [3.63, 3.8) is 0 Å². The third kappa shape index (κ3) is 5.00. The van der Waals surface area contributed by atoms with E-state index >= 15 is 4.39 Å². The summed E-state index contributed by atoms with van der Waals surface area (Å²) in [4.78, 5) is 27.4. The van der Waals surface area contributed by atoms with Crippen molar-refractivity contribution in [3.8, 4) is 17.3 Å². The molecular formula is C26H27FN6O2S. The van der Waals surface area contributed by atoms with Gasteiger partial charge in [0, 0.05) is 34.8 Å². The molecule has 0 radical (unpaired) electrons. The number of benzene rings is 1. The third-order valence-electron chi connectivity index (χ3n) is 6.35. The molecule has 1 aliphatic heterocycles. The monoisotopic (exact) mass is 506 g/mol. The first-order chi connectivity index (χ1) is 17.5.